The van der Waals surface area contributed by atoms with Gasteiger partial charge in [-0.25, -0.2) is 4.98 Å². The minimum atomic E-state index is -4.39. The fourth-order valence-electron chi connectivity index (χ4n) is 3.35. The van der Waals surface area contributed by atoms with Crippen LogP contribution in [0.4, 0.5) is 13.2 Å². The van der Waals surface area contributed by atoms with E-state index in [-0.39, 0.29) is 17.4 Å². The number of hydrogen-bond donors (Lipinski definition) is 0. The number of nitrogens with zero attached hydrogens (tertiary/aromatic N) is 2. The molecule has 0 bridgehead atoms. The number of rotatable bonds is 3. The van der Waals surface area contributed by atoms with E-state index in [2.05, 4.69) is 4.98 Å². The molecule has 0 atom stereocenters. The van der Waals surface area contributed by atoms with Gasteiger partial charge in [0.25, 0.3) is 0 Å². The SMILES string of the molecule is O=CN1CC2(CCC(Oc3cc(C(F)(F)F)ccn3)CC2)C1. The lowest BCUT2D eigenvalue weighted by Crippen LogP contribution is -2.57. The Labute approximate surface area is 126 Å². The third kappa shape index (κ3) is 3.03. The molecule has 0 unspecified atom stereocenters. The van der Waals surface area contributed by atoms with Gasteiger partial charge in [0, 0.05) is 30.8 Å². The summed E-state index contributed by atoms with van der Waals surface area (Å²) in [5.41, 5.74) is -0.549. The van der Waals surface area contributed by atoms with Crippen LogP contribution in [-0.4, -0.2) is 35.5 Å². The largest absolute Gasteiger partial charge is 0.474 e. The number of carbonyl (C=O) groups excluding carboxylic acids is 1. The predicted molar refractivity (Wildman–Crippen MR) is 72.2 cm³/mol. The maximum absolute atomic E-state index is 12.7. The van der Waals surface area contributed by atoms with Crippen LogP contribution in [0, 0.1) is 5.41 Å². The molecule has 0 N–H and O–H groups in total. The van der Waals surface area contributed by atoms with Crippen LogP contribution in [0.1, 0.15) is 31.2 Å². The van der Waals surface area contributed by atoms with E-state index < -0.39 is 11.7 Å². The van der Waals surface area contributed by atoms with E-state index in [0.29, 0.717) is 0 Å². The maximum Gasteiger partial charge on any atom is 0.416 e. The number of pyridine rings is 1. The average Bonchev–Trinajstić information content (AvgIpc) is 2.45. The van der Waals surface area contributed by atoms with Gasteiger partial charge in [0.15, 0.2) is 0 Å². The monoisotopic (exact) mass is 314 g/mol. The number of ether oxygens (including phenoxy) is 1. The van der Waals surface area contributed by atoms with Crippen molar-refractivity contribution in [2.24, 2.45) is 5.41 Å². The number of amides is 1. The Hall–Kier alpha value is -1.79. The predicted octanol–water partition coefficient (Wildman–Crippen LogP) is 2.88. The highest BCUT2D eigenvalue weighted by Crippen LogP contribution is 2.44. The van der Waals surface area contributed by atoms with E-state index in [1.807, 2.05) is 0 Å². The first-order chi connectivity index (χ1) is 10.4. The lowest BCUT2D eigenvalue weighted by atomic mass is 9.68. The molecule has 0 aromatic carbocycles. The van der Waals surface area contributed by atoms with Gasteiger partial charge in [0.1, 0.15) is 6.10 Å². The van der Waals surface area contributed by atoms with Gasteiger partial charge >= 0.3 is 6.18 Å². The van der Waals surface area contributed by atoms with E-state index in [1.54, 1.807) is 4.90 Å². The van der Waals surface area contributed by atoms with Gasteiger partial charge in [-0.05, 0) is 31.7 Å². The Morgan fingerprint density at radius 3 is 2.59 bits per heavy atom. The van der Waals surface area contributed by atoms with Crippen LogP contribution in [0.5, 0.6) is 5.88 Å². The molecule has 1 saturated carbocycles. The molecule has 22 heavy (non-hydrogen) atoms. The first kappa shape index (κ1) is 15.1. The highest BCUT2D eigenvalue weighted by molar-refractivity contribution is 5.49. The van der Waals surface area contributed by atoms with Gasteiger partial charge in [-0.3, -0.25) is 4.79 Å². The van der Waals surface area contributed by atoms with Gasteiger partial charge in [0.05, 0.1) is 5.56 Å². The van der Waals surface area contributed by atoms with Crippen molar-refractivity contribution in [2.75, 3.05) is 13.1 Å². The minimum absolute atomic E-state index is 0.0268. The third-order valence-electron chi connectivity index (χ3n) is 4.57. The van der Waals surface area contributed by atoms with E-state index in [4.69, 9.17) is 4.74 Å². The van der Waals surface area contributed by atoms with E-state index >= 15 is 0 Å². The second kappa shape index (κ2) is 5.44. The maximum atomic E-state index is 12.7. The first-order valence-corrected chi connectivity index (χ1v) is 7.30. The highest BCUT2D eigenvalue weighted by atomic mass is 19.4. The van der Waals surface area contributed by atoms with Crippen molar-refractivity contribution in [2.45, 2.75) is 38.0 Å². The van der Waals surface area contributed by atoms with Gasteiger partial charge in [-0.2, -0.15) is 13.2 Å². The zero-order valence-corrected chi connectivity index (χ0v) is 12.0. The van der Waals surface area contributed by atoms with Crippen LogP contribution in [0.15, 0.2) is 18.3 Å². The molecule has 1 aliphatic carbocycles. The molecule has 1 aromatic heterocycles. The number of aromatic nitrogens is 1. The quantitative estimate of drug-likeness (QED) is 0.806. The number of halogens is 3. The molecule has 120 valence electrons. The van der Waals surface area contributed by atoms with Crippen LogP contribution in [0.3, 0.4) is 0 Å². The van der Waals surface area contributed by atoms with E-state index in [9.17, 15) is 18.0 Å². The minimum Gasteiger partial charge on any atom is -0.474 e. The molecule has 2 fully saturated rings. The summed E-state index contributed by atoms with van der Waals surface area (Å²) in [5.74, 6) is 0.0268. The highest BCUT2D eigenvalue weighted by Gasteiger charge is 2.45. The smallest absolute Gasteiger partial charge is 0.416 e. The van der Waals surface area contributed by atoms with Crippen molar-refractivity contribution in [1.29, 1.82) is 0 Å². The molecule has 1 aliphatic heterocycles. The normalized spacial score (nSPS) is 21.5. The molecule has 4 nitrogen and oxygen atoms in total. The molecular weight excluding hydrogens is 297 g/mol. The Morgan fingerprint density at radius 2 is 2.00 bits per heavy atom. The molecule has 1 aromatic rings. The lowest BCUT2D eigenvalue weighted by molar-refractivity contribution is -0.138. The Balaban J connectivity index is 1.56. The van der Waals surface area contributed by atoms with Crippen LogP contribution in [0.2, 0.25) is 0 Å². The molecule has 7 heteroatoms. The molecule has 1 spiro atoms. The number of alkyl halides is 3. The molecule has 2 heterocycles. The Bertz CT molecular complexity index is 546. The molecule has 2 aliphatic rings. The molecular formula is C15H17F3N2O2. The zero-order chi connectivity index (χ0) is 15.8. The second-order valence-electron chi connectivity index (χ2n) is 6.21. The number of carbonyl (C=O) groups is 1. The van der Waals surface area contributed by atoms with E-state index in [1.165, 1.54) is 0 Å². The third-order valence-corrected chi connectivity index (χ3v) is 4.57. The van der Waals surface area contributed by atoms with Gasteiger partial charge in [-0.15, -0.1) is 0 Å². The van der Waals surface area contributed by atoms with Crippen LogP contribution < -0.4 is 4.74 Å². The molecule has 3 rings (SSSR count). The summed E-state index contributed by atoms with van der Waals surface area (Å²) in [6.07, 6.45) is 0.919. The summed E-state index contributed by atoms with van der Waals surface area (Å²) in [5, 5.41) is 0. The summed E-state index contributed by atoms with van der Waals surface area (Å²) < 4.78 is 43.6. The molecule has 0 radical (unpaired) electrons. The zero-order valence-electron chi connectivity index (χ0n) is 12.0. The second-order valence-corrected chi connectivity index (χ2v) is 6.21. The topological polar surface area (TPSA) is 42.4 Å². The van der Waals surface area contributed by atoms with Gasteiger partial charge in [-0.1, -0.05) is 0 Å². The van der Waals surface area contributed by atoms with Crippen LogP contribution >= 0.6 is 0 Å². The average molecular weight is 314 g/mol. The summed E-state index contributed by atoms with van der Waals surface area (Å²) >= 11 is 0. The summed E-state index contributed by atoms with van der Waals surface area (Å²) in [4.78, 5) is 16.2. The van der Waals surface area contributed by atoms with Crippen molar-refractivity contribution < 1.29 is 22.7 Å². The standard InChI is InChI=1S/C15H17F3N2O2/c16-15(17,18)11-3-6-19-13(7-11)22-12-1-4-14(5-2-12)8-20(9-14)10-21/h3,6-7,10,12H,1-2,4-5,8-9H2. The van der Waals surface area contributed by atoms with Crippen molar-refractivity contribution in [3.8, 4) is 5.88 Å². The molecule has 1 amide bonds. The lowest BCUT2D eigenvalue weighted by Gasteiger charge is -2.51. The van der Waals surface area contributed by atoms with Crippen LogP contribution in [-0.2, 0) is 11.0 Å². The number of hydrogen-bond acceptors (Lipinski definition) is 3. The van der Waals surface area contributed by atoms with E-state index in [0.717, 1.165) is 63.5 Å². The summed E-state index contributed by atoms with van der Waals surface area (Å²) in [6.45, 7) is 1.57. The summed E-state index contributed by atoms with van der Waals surface area (Å²) in [7, 11) is 0. The Morgan fingerprint density at radius 1 is 1.32 bits per heavy atom. The Kier molecular flexibility index (Phi) is 3.74. The fourth-order valence-corrected chi connectivity index (χ4v) is 3.35. The number of likely N-dealkylation sites (tertiary alicyclic amines) is 1. The van der Waals surface area contributed by atoms with Crippen LogP contribution in [0.25, 0.3) is 0 Å². The van der Waals surface area contributed by atoms with Crippen molar-refractivity contribution >= 4 is 6.41 Å². The van der Waals surface area contributed by atoms with Gasteiger partial charge in [0.2, 0.25) is 12.3 Å². The van der Waals surface area contributed by atoms with Crippen molar-refractivity contribution in [1.82, 2.24) is 9.88 Å². The fraction of sp³-hybridized carbons (Fsp3) is 0.600. The first-order valence-electron chi connectivity index (χ1n) is 7.30. The summed E-state index contributed by atoms with van der Waals surface area (Å²) in [6, 6.07) is 1.88. The van der Waals surface area contributed by atoms with Crippen molar-refractivity contribution in [3.63, 3.8) is 0 Å². The molecule has 1 saturated heterocycles. The van der Waals surface area contributed by atoms with Crippen molar-refractivity contribution in [3.05, 3.63) is 23.9 Å². The van der Waals surface area contributed by atoms with Gasteiger partial charge < -0.3 is 9.64 Å².